The van der Waals surface area contributed by atoms with Gasteiger partial charge in [-0.1, -0.05) is 18.2 Å². The second-order valence-electron chi connectivity index (χ2n) is 7.40. The maximum atomic E-state index is 12.1. The molecule has 0 radical (unpaired) electrons. The number of fused-ring (bicyclic) bond motifs is 1. The van der Waals surface area contributed by atoms with Crippen LogP contribution in [0, 0.1) is 6.92 Å². The van der Waals surface area contributed by atoms with E-state index in [2.05, 4.69) is 14.3 Å². The van der Waals surface area contributed by atoms with Gasteiger partial charge in [-0.25, -0.2) is 9.78 Å². The van der Waals surface area contributed by atoms with Gasteiger partial charge in [-0.3, -0.25) is 4.90 Å². The number of benzene rings is 1. The van der Waals surface area contributed by atoms with Crippen LogP contribution < -0.4 is 9.47 Å². The predicted molar refractivity (Wildman–Crippen MR) is 108 cm³/mol. The molecular formula is C22H25N3O4. The Morgan fingerprint density at radius 3 is 2.52 bits per heavy atom. The second-order valence-corrected chi connectivity index (χ2v) is 7.40. The van der Waals surface area contributed by atoms with Crippen LogP contribution in [0.4, 0.5) is 0 Å². The number of para-hydroxylation sites is 2. The molecule has 29 heavy (non-hydrogen) atoms. The third kappa shape index (κ3) is 3.65. The smallest absolute Gasteiger partial charge is 0.348 e. The molecule has 0 aliphatic carbocycles. The molecule has 1 aliphatic rings. The first kappa shape index (κ1) is 19.3. The molecule has 7 heteroatoms. The molecule has 1 N–H and O–H groups in total. The Kier molecular flexibility index (Phi) is 5.15. The van der Waals surface area contributed by atoms with Crippen molar-refractivity contribution in [3.63, 3.8) is 0 Å². The van der Waals surface area contributed by atoms with Gasteiger partial charge in [0.05, 0.1) is 18.5 Å². The van der Waals surface area contributed by atoms with Crippen molar-refractivity contribution >= 4 is 11.6 Å². The van der Waals surface area contributed by atoms with Crippen LogP contribution in [0.1, 0.15) is 24.2 Å². The van der Waals surface area contributed by atoms with E-state index in [0.29, 0.717) is 37.4 Å². The molecule has 0 amide bonds. The van der Waals surface area contributed by atoms with Crippen molar-refractivity contribution in [2.75, 3.05) is 20.2 Å². The fourth-order valence-electron chi connectivity index (χ4n) is 3.91. The summed E-state index contributed by atoms with van der Waals surface area (Å²) in [5.74, 6) is 0.0643. The molecule has 1 aromatic carbocycles. The largest absolute Gasteiger partial charge is 0.493 e. The lowest BCUT2D eigenvalue weighted by atomic mass is 9.91. The van der Waals surface area contributed by atoms with Crippen LogP contribution in [-0.4, -0.2) is 51.2 Å². The van der Waals surface area contributed by atoms with Crippen molar-refractivity contribution in [1.29, 1.82) is 0 Å². The van der Waals surface area contributed by atoms with Gasteiger partial charge >= 0.3 is 5.97 Å². The van der Waals surface area contributed by atoms with Crippen LogP contribution >= 0.6 is 0 Å². The molecule has 0 atom stereocenters. The van der Waals surface area contributed by atoms with Crippen LogP contribution in [0.3, 0.4) is 0 Å². The number of hydrogen-bond donors (Lipinski definition) is 1. The monoisotopic (exact) mass is 395 g/mol. The normalized spacial score (nSPS) is 16.6. The number of aryl methyl sites for hydroxylation is 1. The van der Waals surface area contributed by atoms with E-state index in [4.69, 9.17) is 9.47 Å². The maximum Gasteiger partial charge on any atom is 0.348 e. The lowest BCUT2D eigenvalue weighted by Crippen LogP contribution is -2.53. The average molecular weight is 395 g/mol. The van der Waals surface area contributed by atoms with Gasteiger partial charge in [0, 0.05) is 38.7 Å². The van der Waals surface area contributed by atoms with Crippen molar-refractivity contribution in [2.45, 2.75) is 31.9 Å². The number of carbonyl (C=O) groups is 1. The number of carboxylic acid groups (broad SMARTS) is 1. The van der Waals surface area contributed by atoms with E-state index in [9.17, 15) is 9.90 Å². The highest BCUT2D eigenvalue weighted by atomic mass is 16.5. The van der Waals surface area contributed by atoms with E-state index in [-0.39, 0.29) is 0 Å². The third-order valence-electron chi connectivity index (χ3n) is 5.63. The van der Waals surface area contributed by atoms with Crippen molar-refractivity contribution in [2.24, 2.45) is 0 Å². The highest BCUT2D eigenvalue weighted by Crippen LogP contribution is 2.35. The molecule has 4 rings (SSSR count). The summed E-state index contributed by atoms with van der Waals surface area (Å²) in [6.45, 7) is 3.99. The molecule has 7 nitrogen and oxygen atoms in total. The van der Waals surface area contributed by atoms with Crippen LogP contribution in [0.5, 0.6) is 11.5 Å². The first-order chi connectivity index (χ1) is 14.0. The average Bonchev–Trinajstić information content (AvgIpc) is 3.05. The Hall–Kier alpha value is -3.06. The Morgan fingerprint density at radius 1 is 1.14 bits per heavy atom. The van der Waals surface area contributed by atoms with Crippen LogP contribution in [-0.2, 0) is 11.3 Å². The van der Waals surface area contributed by atoms with Crippen molar-refractivity contribution in [3.8, 4) is 11.5 Å². The van der Waals surface area contributed by atoms with E-state index in [1.54, 1.807) is 19.2 Å². The summed E-state index contributed by atoms with van der Waals surface area (Å²) in [4.78, 5) is 19.0. The van der Waals surface area contributed by atoms with E-state index >= 15 is 0 Å². The maximum absolute atomic E-state index is 12.1. The van der Waals surface area contributed by atoms with Crippen LogP contribution in [0.15, 0.2) is 48.7 Å². The van der Waals surface area contributed by atoms with Crippen LogP contribution in [0.2, 0.25) is 0 Å². The highest BCUT2D eigenvalue weighted by molar-refractivity contribution is 5.78. The summed E-state index contributed by atoms with van der Waals surface area (Å²) in [5, 5.41) is 9.94. The van der Waals surface area contributed by atoms with E-state index in [0.717, 1.165) is 23.6 Å². The minimum Gasteiger partial charge on any atom is -0.493 e. The van der Waals surface area contributed by atoms with Gasteiger partial charge in [0.2, 0.25) is 5.60 Å². The number of rotatable bonds is 6. The molecular weight excluding hydrogens is 370 g/mol. The molecule has 3 aromatic rings. The molecule has 0 saturated carbocycles. The number of likely N-dealkylation sites (tertiary alicyclic amines) is 1. The molecule has 2 aromatic heterocycles. The number of hydrogen-bond acceptors (Lipinski definition) is 5. The zero-order valence-corrected chi connectivity index (χ0v) is 16.7. The van der Waals surface area contributed by atoms with Gasteiger partial charge in [0.25, 0.3) is 0 Å². The Bertz CT molecular complexity index is 1020. The standard InChI is InChI=1S/C22H25N3O4/c1-16-17(25-12-6-5-9-20(25)23-16)15-24-13-10-22(11-14-24,21(26)27)29-19-8-4-3-7-18(19)28-2/h3-9,12H,10-11,13-15H2,1-2H3,(H,26,27). The number of methoxy groups -OCH3 is 1. The number of nitrogens with zero attached hydrogens (tertiary/aromatic N) is 3. The first-order valence-electron chi connectivity index (χ1n) is 9.73. The number of aliphatic carboxylic acids is 1. The molecule has 1 fully saturated rings. The van der Waals surface area contributed by atoms with Gasteiger partial charge < -0.3 is 19.0 Å². The quantitative estimate of drug-likeness (QED) is 0.691. The van der Waals surface area contributed by atoms with Gasteiger partial charge in [0.15, 0.2) is 11.5 Å². The Labute approximate surface area is 169 Å². The molecule has 0 bridgehead atoms. The highest BCUT2D eigenvalue weighted by Gasteiger charge is 2.44. The molecule has 0 unspecified atom stereocenters. The predicted octanol–water partition coefficient (Wildman–Crippen LogP) is 3.15. The zero-order valence-electron chi connectivity index (χ0n) is 16.7. The number of carboxylic acids is 1. The fraction of sp³-hybridized carbons (Fsp3) is 0.364. The molecule has 1 saturated heterocycles. The SMILES string of the molecule is COc1ccccc1OC1(C(=O)O)CCN(Cc2c(C)nc3ccccn23)CC1. The second kappa shape index (κ2) is 7.75. The van der Waals surface area contributed by atoms with Gasteiger partial charge in [-0.15, -0.1) is 0 Å². The van der Waals surface area contributed by atoms with Crippen LogP contribution in [0.25, 0.3) is 5.65 Å². The summed E-state index contributed by atoms with van der Waals surface area (Å²) < 4.78 is 13.5. The molecule has 0 spiro atoms. The Balaban J connectivity index is 1.50. The van der Waals surface area contributed by atoms with Gasteiger partial charge in [0.1, 0.15) is 5.65 Å². The number of imidazole rings is 1. The van der Waals surface area contributed by atoms with E-state index in [1.807, 2.05) is 43.5 Å². The lowest BCUT2D eigenvalue weighted by Gasteiger charge is -2.39. The number of piperidine rings is 1. The van der Waals surface area contributed by atoms with Crippen molar-refractivity contribution in [1.82, 2.24) is 14.3 Å². The fourth-order valence-corrected chi connectivity index (χ4v) is 3.91. The minimum absolute atomic E-state index is 0.399. The zero-order chi connectivity index (χ0) is 20.4. The summed E-state index contributed by atoms with van der Waals surface area (Å²) in [6.07, 6.45) is 2.81. The summed E-state index contributed by atoms with van der Waals surface area (Å²) in [6, 6.07) is 13.1. The van der Waals surface area contributed by atoms with E-state index < -0.39 is 11.6 Å². The Morgan fingerprint density at radius 2 is 1.83 bits per heavy atom. The van der Waals surface area contributed by atoms with Crippen molar-refractivity contribution < 1.29 is 19.4 Å². The molecule has 1 aliphatic heterocycles. The minimum atomic E-state index is -1.25. The first-order valence-corrected chi connectivity index (χ1v) is 9.73. The number of aromatic nitrogens is 2. The lowest BCUT2D eigenvalue weighted by molar-refractivity contribution is -0.160. The topological polar surface area (TPSA) is 76.3 Å². The van der Waals surface area contributed by atoms with E-state index in [1.165, 1.54) is 0 Å². The molecule has 3 heterocycles. The third-order valence-corrected chi connectivity index (χ3v) is 5.63. The summed E-state index contributed by atoms with van der Waals surface area (Å²) >= 11 is 0. The summed E-state index contributed by atoms with van der Waals surface area (Å²) in [5.41, 5.74) is 1.81. The number of pyridine rings is 1. The number of ether oxygens (including phenoxy) is 2. The summed E-state index contributed by atoms with van der Waals surface area (Å²) in [7, 11) is 1.55. The van der Waals surface area contributed by atoms with Gasteiger partial charge in [-0.05, 0) is 31.2 Å². The molecule has 152 valence electrons. The van der Waals surface area contributed by atoms with Gasteiger partial charge in [-0.2, -0.15) is 0 Å². The van der Waals surface area contributed by atoms with Crippen molar-refractivity contribution in [3.05, 3.63) is 60.0 Å².